The second kappa shape index (κ2) is 5.91. The Hall–Kier alpha value is -2.49. The number of amides is 1. The Kier molecular flexibility index (Phi) is 4.03. The van der Waals surface area contributed by atoms with E-state index in [0.717, 1.165) is 11.3 Å². The van der Waals surface area contributed by atoms with Crippen molar-refractivity contribution in [2.75, 3.05) is 12.4 Å². The highest BCUT2D eigenvalue weighted by Crippen LogP contribution is 2.17. The summed E-state index contributed by atoms with van der Waals surface area (Å²) in [4.78, 5) is 11.4. The van der Waals surface area contributed by atoms with Gasteiger partial charge in [0.2, 0.25) is 0 Å². The van der Waals surface area contributed by atoms with E-state index in [2.05, 4.69) is 10.6 Å². The lowest BCUT2D eigenvalue weighted by molar-refractivity contribution is 0.0963. The third kappa shape index (κ3) is 3.25. The monoisotopic (exact) mass is 256 g/mol. The average molecular weight is 256 g/mol. The lowest BCUT2D eigenvalue weighted by atomic mass is 10.1. The fourth-order valence-electron chi connectivity index (χ4n) is 1.74. The van der Waals surface area contributed by atoms with Gasteiger partial charge >= 0.3 is 0 Å². The predicted octanol–water partition coefficient (Wildman–Crippen LogP) is 2.36. The van der Waals surface area contributed by atoms with Crippen LogP contribution in [0.15, 0.2) is 48.5 Å². The Morgan fingerprint density at radius 3 is 2.42 bits per heavy atom. The van der Waals surface area contributed by atoms with Gasteiger partial charge in [-0.15, -0.1) is 0 Å². The van der Waals surface area contributed by atoms with Crippen molar-refractivity contribution in [2.24, 2.45) is 0 Å². The quantitative estimate of drug-likeness (QED) is 0.787. The topological polar surface area (TPSA) is 61.4 Å². The van der Waals surface area contributed by atoms with E-state index in [9.17, 15) is 9.90 Å². The van der Waals surface area contributed by atoms with E-state index >= 15 is 0 Å². The zero-order valence-electron chi connectivity index (χ0n) is 10.7. The van der Waals surface area contributed by atoms with Gasteiger partial charge in [-0.2, -0.15) is 0 Å². The number of anilines is 1. The highest BCUT2D eigenvalue weighted by molar-refractivity contribution is 5.94. The fourth-order valence-corrected chi connectivity index (χ4v) is 1.74. The Labute approximate surface area is 112 Å². The van der Waals surface area contributed by atoms with Crippen molar-refractivity contribution in [3.05, 3.63) is 59.7 Å². The Balaban J connectivity index is 2.01. The molecule has 2 aromatic carbocycles. The molecule has 3 N–H and O–H groups in total. The highest BCUT2D eigenvalue weighted by atomic mass is 16.3. The van der Waals surface area contributed by atoms with Crippen LogP contribution >= 0.6 is 0 Å². The summed E-state index contributed by atoms with van der Waals surface area (Å²) in [5, 5.41) is 15.4. The van der Waals surface area contributed by atoms with Crippen molar-refractivity contribution in [2.45, 2.75) is 6.54 Å². The van der Waals surface area contributed by atoms with E-state index < -0.39 is 0 Å². The first-order valence-electron chi connectivity index (χ1n) is 6.03. The minimum atomic E-state index is -0.104. The smallest absolute Gasteiger partial charge is 0.251 e. The van der Waals surface area contributed by atoms with Gasteiger partial charge in [0.15, 0.2) is 0 Å². The SMILES string of the molecule is CNC(=O)c1ccc(NCc2ccccc2O)cc1. The van der Waals surface area contributed by atoms with Crippen molar-refractivity contribution in [1.29, 1.82) is 0 Å². The van der Waals surface area contributed by atoms with Crippen LogP contribution in [0.4, 0.5) is 5.69 Å². The maximum atomic E-state index is 11.4. The molecule has 2 aromatic rings. The van der Waals surface area contributed by atoms with E-state index in [4.69, 9.17) is 0 Å². The highest BCUT2D eigenvalue weighted by Gasteiger charge is 2.03. The van der Waals surface area contributed by atoms with Crippen molar-refractivity contribution in [3.63, 3.8) is 0 Å². The van der Waals surface area contributed by atoms with Crippen LogP contribution < -0.4 is 10.6 Å². The van der Waals surface area contributed by atoms with Crippen LogP contribution in [0, 0.1) is 0 Å². The molecule has 4 nitrogen and oxygen atoms in total. The van der Waals surface area contributed by atoms with Gasteiger partial charge < -0.3 is 15.7 Å². The molecule has 0 aliphatic rings. The van der Waals surface area contributed by atoms with Crippen LogP contribution in [0.1, 0.15) is 15.9 Å². The molecule has 0 spiro atoms. The molecule has 19 heavy (non-hydrogen) atoms. The zero-order valence-corrected chi connectivity index (χ0v) is 10.7. The van der Waals surface area contributed by atoms with Gasteiger partial charge in [-0.3, -0.25) is 4.79 Å². The molecule has 0 bridgehead atoms. The molecule has 1 amide bonds. The molecule has 0 saturated heterocycles. The number of aromatic hydroxyl groups is 1. The molecule has 2 rings (SSSR count). The third-order valence-corrected chi connectivity index (χ3v) is 2.85. The molecule has 0 aliphatic heterocycles. The number of benzene rings is 2. The number of nitrogens with one attached hydrogen (secondary N) is 2. The van der Waals surface area contributed by atoms with E-state index in [1.165, 1.54) is 0 Å². The minimum Gasteiger partial charge on any atom is -0.508 e. The van der Waals surface area contributed by atoms with Crippen LogP contribution in [-0.4, -0.2) is 18.1 Å². The summed E-state index contributed by atoms with van der Waals surface area (Å²) < 4.78 is 0. The van der Waals surface area contributed by atoms with Gasteiger partial charge in [0.25, 0.3) is 5.91 Å². The molecule has 0 saturated carbocycles. The average Bonchev–Trinajstić information content (AvgIpc) is 2.46. The lowest BCUT2D eigenvalue weighted by Crippen LogP contribution is -2.17. The molecule has 0 heterocycles. The Morgan fingerprint density at radius 2 is 1.79 bits per heavy atom. The van der Waals surface area contributed by atoms with Gasteiger partial charge in [0.1, 0.15) is 5.75 Å². The van der Waals surface area contributed by atoms with Crippen LogP contribution in [-0.2, 0) is 6.54 Å². The number of rotatable bonds is 4. The standard InChI is InChI=1S/C15H16N2O2/c1-16-15(19)11-6-8-13(9-7-11)17-10-12-4-2-3-5-14(12)18/h2-9,17-18H,10H2,1H3,(H,16,19). The summed E-state index contributed by atoms with van der Waals surface area (Å²) in [6.07, 6.45) is 0. The largest absolute Gasteiger partial charge is 0.508 e. The van der Waals surface area contributed by atoms with E-state index in [1.54, 1.807) is 31.3 Å². The first kappa shape index (κ1) is 13.0. The minimum absolute atomic E-state index is 0.104. The van der Waals surface area contributed by atoms with Gasteiger partial charge in [-0.05, 0) is 30.3 Å². The molecule has 0 unspecified atom stereocenters. The molecule has 0 aromatic heterocycles. The third-order valence-electron chi connectivity index (χ3n) is 2.85. The van der Waals surface area contributed by atoms with Gasteiger partial charge in [-0.1, -0.05) is 18.2 Å². The van der Waals surface area contributed by atoms with E-state index in [0.29, 0.717) is 12.1 Å². The first-order chi connectivity index (χ1) is 9.20. The number of phenols is 1. The van der Waals surface area contributed by atoms with Crippen LogP contribution in [0.2, 0.25) is 0 Å². The van der Waals surface area contributed by atoms with Gasteiger partial charge in [0.05, 0.1) is 0 Å². The summed E-state index contributed by atoms with van der Waals surface area (Å²) in [6, 6.07) is 14.4. The molecule has 0 aliphatic carbocycles. The van der Waals surface area contributed by atoms with Crippen molar-refractivity contribution in [1.82, 2.24) is 5.32 Å². The number of phenolic OH excluding ortho intramolecular Hbond substituents is 1. The van der Waals surface area contributed by atoms with Gasteiger partial charge in [-0.25, -0.2) is 0 Å². The number of carbonyl (C=O) groups is 1. The fraction of sp³-hybridized carbons (Fsp3) is 0.133. The first-order valence-corrected chi connectivity index (χ1v) is 6.03. The summed E-state index contributed by atoms with van der Waals surface area (Å²) in [6.45, 7) is 0.534. The number of hydrogen-bond donors (Lipinski definition) is 3. The Bertz CT molecular complexity index is 565. The summed E-state index contributed by atoms with van der Waals surface area (Å²) in [5.74, 6) is 0.171. The summed E-state index contributed by atoms with van der Waals surface area (Å²) in [5.41, 5.74) is 2.35. The van der Waals surface area contributed by atoms with Crippen molar-refractivity contribution >= 4 is 11.6 Å². The molecular formula is C15H16N2O2. The second-order valence-electron chi connectivity index (χ2n) is 4.14. The molecule has 98 valence electrons. The molecule has 0 atom stereocenters. The van der Waals surface area contributed by atoms with Crippen molar-refractivity contribution < 1.29 is 9.90 Å². The van der Waals surface area contributed by atoms with E-state index in [1.807, 2.05) is 24.3 Å². The number of para-hydroxylation sites is 1. The van der Waals surface area contributed by atoms with E-state index in [-0.39, 0.29) is 11.7 Å². The zero-order chi connectivity index (χ0) is 13.7. The summed E-state index contributed by atoms with van der Waals surface area (Å²) >= 11 is 0. The number of hydrogen-bond acceptors (Lipinski definition) is 3. The lowest BCUT2D eigenvalue weighted by Gasteiger charge is -2.08. The van der Waals surface area contributed by atoms with Crippen molar-refractivity contribution in [3.8, 4) is 5.75 Å². The van der Waals surface area contributed by atoms with Gasteiger partial charge in [0, 0.05) is 30.4 Å². The maximum absolute atomic E-state index is 11.4. The molecule has 4 heteroatoms. The summed E-state index contributed by atoms with van der Waals surface area (Å²) in [7, 11) is 1.60. The second-order valence-corrected chi connectivity index (χ2v) is 4.14. The number of carbonyl (C=O) groups excluding carboxylic acids is 1. The van der Waals surface area contributed by atoms with Crippen LogP contribution in [0.25, 0.3) is 0 Å². The molecule has 0 fully saturated rings. The molecular weight excluding hydrogens is 240 g/mol. The predicted molar refractivity (Wildman–Crippen MR) is 75.3 cm³/mol. The van der Waals surface area contributed by atoms with Crippen LogP contribution in [0.3, 0.4) is 0 Å². The molecule has 0 radical (unpaired) electrons. The van der Waals surface area contributed by atoms with Crippen LogP contribution in [0.5, 0.6) is 5.75 Å². The normalized spacial score (nSPS) is 9.95. The maximum Gasteiger partial charge on any atom is 0.251 e. The Morgan fingerprint density at radius 1 is 1.11 bits per heavy atom.